The standard InChI is InChI=1S/C22H38N4O/c1-18(2)26-14-8-10-20(17-26)16-25-22(23-4)24-13-9-15-27-19(3)21-11-6-5-7-12-21/h5-7,11-12,18-20H,8-10,13-17H2,1-4H3,(H2,23,24,25). The Morgan fingerprint density at radius 3 is 2.70 bits per heavy atom. The summed E-state index contributed by atoms with van der Waals surface area (Å²) in [5.74, 6) is 1.60. The molecule has 0 bridgehead atoms. The van der Waals surface area contributed by atoms with Gasteiger partial charge in [-0.05, 0) is 58.1 Å². The minimum Gasteiger partial charge on any atom is -0.374 e. The zero-order chi connectivity index (χ0) is 19.5. The molecule has 5 nitrogen and oxygen atoms in total. The zero-order valence-electron chi connectivity index (χ0n) is 17.6. The van der Waals surface area contributed by atoms with Gasteiger partial charge >= 0.3 is 0 Å². The van der Waals surface area contributed by atoms with Crippen molar-refractivity contribution >= 4 is 5.96 Å². The third-order valence-corrected chi connectivity index (χ3v) is 5.31. The predicted molar refractivity (Wildman–Crippen MR) is 114 cm³/mol. The topological polar surface area (TPSA) is 48.9 Å². The molecule has 0 saturated carbocycles. The number of aliphatic imine (C=N–C) groups is 1. The van der Waals surface area contributed by atoms with Crippen LogP contribution in [0.2, 0.25) is 0 Å². The predicted octanol–water partition coefficient (Wildman–Crippen LogP) is 3.44. The van der Waals surface area contributed by atoms with Crippen molar-refractivity contribution in [1.82, 2.24) is 15.5 Å². The van der Waals surface area contributed by atoms with Crippen LogP contribution in [-0.4, -0.2) is 56.7 Å². The van der Waals surface area contributed by atoms with E-state index in [9.17, 15) is 0 Å². The fourth-order valence-electron chi connectivity index (χ4n) is 3.55. The van der Waals surface area contributed by atoms with Crippen LogP contribution in [0.25, 0.3) is 0 Å². The van der Waals surface area contributed by atoms with Gasteiger partial charge in [0, 0.05) is 39.3 Å². The molecule has 0 amide bonds. The molecular formula is C22H38N4O. The normalized spacial score (nSPS) is 19.9. The van der Waals surface area contributed by atoms with E-state index in [0.29, 0.717) is 12.0 Å². The van der Waals surface area contributed by atoms with E-state index in [2.05, 4.69) is 65.6 Å². The van der Waals surface area contributed by atoms with Gasteiger partial charge in [-0.25, -0.2) is 0 Å². The third-order valence-electron chi connectivity index (χ3n) is 5.31. The summed E-state index contributed by atoms with van der Waals surface area (Å²) in [5.41, 5.74) is 1.23. The summed E-state index contributed by atoms with van der Waals surface area (Å²) in [6.07, 6.45) is 3.70. The van der Waals surface area contributed by atoms with Gasteiger partial charge in [-0.3, -0.25) is 4.99 Å². The van der Waals surface area contributed by atoms with Gasteiger partial charge in [-0.2, -0.15) is 0 Å². The Kier molecular flexibility index (Phi) is 9.64. The van der Waals surface area contributed by atoms with Gasteiger partial charge in [0.05, 0.1) is 6.10 Å². The number of likely N-dealkylation sites (tertiary alicyclic amines) is 1. The van der Waals surface area contributed by atoms with Crippen LogP contribution in [0.3, 0.4) is 0 Å². The van der Waals surface area contributed by atoms with Crippen molar-refractivity contribution < 1.29 is 4.74 Å². The minimum absolute atomic E-state index is 0.138. The Labute approximate surface area is 165 Å². The van der Waals surface area contributed by atoms with Crippen LogP contribution < -0.4 is 10.6 Å². The average molecular weight is 375 g/mol. The Morgan fingerprint density at radius 2 is 2.00 bits per heavy atom. The first-order chi connectivity index (χ1) is 13.1. The van der Waals surface area contributed by atoms with E-state index < -0.39 is 0 Å². The fourth-order valence-corrected chi connectivity index (χ4v) is 3.55. The highest BCUT2D eigenvalue weighted by molar-refractivity contribution is 5.79. The Bertz CT molecular complexity index is 547. The monoisotopic (exact) mass is 374 g/mol. The first kappa shape index (κ1) is 21.7. The third kappa shape index (κ3) is 7.89. The largest absolute Gasteiger partial charge is 0.374 e. The highest BCUT2D eigenvalue weighted by atomic mass is 16.5. The smallest absolute Gasteiger partial charge is 0.190 e. The number of hydrogen-bond acceptors (Lipinski definition) is 3. The van der Waals surface area contributed by atoms with Crippen molar-refractivity contribution in [2.24, 2.45) is 10.9 Å². The van der Waals surface area contributed by atoms with E-state index in [0.717, 1.165) is 32.1 Å². The van der Waals surface area contributed by atoms with Gasteiger partial charge in [-0.15, -0.1) is 0 Å². The first-order valence-corrected chi connectivity index (χ1v) is 10.4. The van der Waals surface area contributed by atoms with Gasteiger partial charge < -0.3 is 20.3 Å². The SMILES string of the molecule is CN=C(NCCCOC(C)c1ccccc1)NCC1CCCN(C(C)C)C1. The summed E-state index contributed by atoms with van der Waals surface area (Å²) in [7, 11) is 1.84. The van der Waals surface area contributed by atoms with Crippen molar-refractivity contribution in [3.05, 3.63) is 35.9 Å². The molecule has 1 aromatic rings. The number of nitrogens with zero attached hydrogens (tertiary/aromatic N) is 2. The molecule has 1 fully saturated rings. The van der Waals surface area contributed by atoms with Crippen molar-refractivity contribution in [3.8, 4) is 0 Å². The Morgan fingerprint density at radius 1 is 1.22 bits per heavy atom. The van der Waals surface area contributed by atoms with Gasteiger partial charge in [-0.1, -0.05) is 30.3 Å². The van der Waals surface area contributed by atoms with Crippen LogP contribution in [-0.2, 0) is 4.74 Å². The van der Waals surface area contributed by atoms with Crippen molar-refractivity contribution in [2.75, 3.05) is 39.8 Å². The van der Waals surface area contributed by atoms with E-state index in [4.69, 9.17) is 4.74 Å². The number of ether oxygens (including phenoxy) is 1. The summed E-state index contributed by atoms with van der Waals surface area (Å²) >= 11 is 0. The summed E-state index contributed by atoms with van der Waals surface area (Å²) in [4.78, 5) is 6.93. The lowest BCUT2D eigenvalue weighted by atomic mass is 9.97. The minimum atomic E-state index is 0.138. The number of rotatable bonds is 9. The van der Waals surface area contributed by atoms with Crippen LogP contribution in [0, 0.1) is 5.92 Å². The number of nitrogens with one attached hydrogen (secondary N) is 2. The molecule has 1 saturated heterocycles. The number of guanidine groups is 1. The van der Waals surface area contributed by atoms with Crippen LogP contribution in [0.4, 0.5) is 0 Å². The van der Waals surface area contributed by atoms with Gasteiger partial charge in [0.2, 0.25) is 0 Å². The maximum atomic E-state index is 5.93. The maximum absolute atomic E-state index is 5.93. The van der Waals surface area contributed by atoms with Crippen molar-refractivity contribution in [2.45, 2.75) is 52.2 Å². The lowest BCUT2D eigenvalue weighted by molar-refractivity contribution is 0.0646. The molecule has 0 aliphatic carbocycles. The molecule has 2 atom stereocenters. The molecule has 5 heteroatoms. The fraction of sp³-hybridized carbons (Fsp3) is 0.682. The number of benzene rings is 1. The van der Waals surface area contributed by atoms with Crippen LogP contribution in [0.15, 0.2) is 35.3 Å². The molecule has 2 unspecified atom stereocenters. The van der Waals surface area contributed by atoms with E-state index in [1.807, 2.05) is 13.1 Å². The highest BCUT2D eigenvalue weighted by Crippen LogP contribution is 2.18. The zero-order valence-corrected chi connectivity index (χ0v) is 17.6. The second-order valence-electron chi connectivity index (χ2n) is 7.75. The lowest BCUT2D eigenvalue weighted by Gasteiger charge is -2.35. The van der Waals surface area contributed by atoms with Gasteiger partial charge in [0.1, 0.15) is 0 Å². The second-order valence-corrected chi connectivity index (χ2v) is 7.75. The summed E-state index contributed by atoms with van der Waals surface area (Å²) < 4.78 is 5.93. The molecule has 1 aromatic carbocycles. The van der Waals surface area contributed by atoms with Crippen LogP contribution in [0.5, 0.6) is 0 Å². The van der Waals surface area contributed by atoms with Crippen molar-refractivity contribution in [3.63, 3.8) is 0 Å². The summed E-state index contributed by atoms with van der Waals surface area (Å²) in [6, 6.07) is 11.0. The van der Waals surface area contributed by atoms with Crippen LogP contribution in [0.1, 0.15) is 51.7 Å². The molecule has 2 rings (SSSR count). The van der Waals surface area contributed by atoms with Crippen molar-refractivity contribution in [1.29, 1.82) is 0 Å². The Hall–Kier alpha value is -1.59. The van der Waals surface area contributed by atoms with E-state index >= 15 is 0 Å². The lowest BCUT2D eigenvalue weighted by Crippen LogP contribution is -2.46. The second kappa shape index (κ2) is 12.0. The van der Waals surface area contributed by atoms with E-state index in [1.54, 1.807) is 0 Å². The van der Waals surface area contributed by atoms with E-state index in [1.165, 1.54) is 31.5 Å². The molecule has 27 heavy (non-hydrogen) atoms. The van der Waals surface area contributed by atoms with Gasteiger partial charge in [0.15, 0.2) is 5.96 Å². The molecule has 1 heterocycles. The highest BCUT2D eigenvalue weighted by Gasteiger charge is 2.21. The molecule has 0 radical (unpaired) electrons. The first-order valence-electron chi connectivity index (χ1n) is 10.4. The Balaban J connectivity index is 1.59. The average Bonchev–Trinajstić information content (AvgIpc) is 2.70. The number of piperidine rings is 1. The molecule has 152 valence electrons. The quantitative estimate of drug-likeness (QED) is 0.395. The maximum Gasteiger partial charge on any atom is 0.190 e. The molecular weight excluding hydrogens is 336 g/mol. The molecule has 2 N–H and O–H groups in total. The molecule has 0 spiro atoms. The van der Waals surface area contributed by atoms with Crippen LogP contribution >= 0.6 is 0 Å². The van der Waals surface area contributed by atoms with E-state index in [-0.39, 0.29) is 6.10 Å². The summed E-state index contributed by atoms with van der Waals surface area (Å²) in [5, 5.41) is 6.90. The molecule has 1 aliphatic rings. The molecule has 1 aliphatic heterocycles. The van der Waals surface area contributed by atoms with Gasteiger partial charge in [0.25, 0.3) is 0 Å². The summed E-state index contributed by atoms with van der Waals surface area (Å²) in [6.45, 7) is 11.7. The molecule has 0 aromatic heterocycles. The number of hydrogen-bond donors (Lipinski definition) is 2.